The van der Waals surface area contributed by atoms with E-state index in [9.17, 15) is 9.59 Å². The number of fused-ring (bicyclic) bond motifs is 1. The maximum absolute atomic E-state index is 13.6. The maximum Gasteiger partial charge on any atom is 0.412 e. The first-order chi connectivity index (χ1) is 16.1. The molecule has 1 amide bonds. The Bertz CT molecular complexity index is 1020. The zero-order valence-electron chi connectivity index (χ0n) is 20.9. The van der Waals surface area contributed by atoms with Crippen LogP contribution in [0.2, 0.25) is 0 Å². The summed E-state index contributed by atoms with van der Waals surface area (Å²) in [5.74, 6) is 0.134. The fourth-order valence-electron chi connectivity index (χ4n) is 6.54. The molecule has 4 atom stereocenters. The molecule has 0 radical (unpaired) electrons. The highest BCUT2D eigenvalue weighted by Gasteiger charge is 2.73. The van der Waals surface area contributed by atoms with Crippen LogP contribution in [0.25, 0.3) is 0 Å². The Morgan fingerprint density at radius 3 is 2.59 bits per heavy atom. The van der Waals surface area contributed by atoms with Crippen LogP contribution >= 0.6 is 11.6 Å². The number of nitrogens with zero attached hydrogens (tertiary/aromatic N) is 1. The second kappa shape index (κ2) is 8.67. The lowest BCUT2D eigenvalue weighted by molar-refractivity contribution is -0.154. The van der Waals surface area contributed by atoms with Gasteiger partial charge >= 0.3 is 12.1 Å². The van der Waals surface area contributed by atoms with Crippen molar-refractivity contribution in [2.75, 3.05) is 32.0 Å². The molecule has 1 aliphatic carbocycles. The second-order valence-corrected chi connectivity index (χ2v) is 10.7. The molecule has 4 rings (SSSR count). The van der Waals surface area contributed by atoms with Gasteiger partial charge in [-0.3, -0.25) is 9.69 Å². The highest BCUT2D eigenvalue weighted by Crippen LogP contribution is 2.66. The Kier molecular flexibility index (Phi) is 6.30. The molecule has 1 aromatic carbocycles. The van der Waals surface area contributed by atoms with E-state index in [1.54, 1.807) is 12.0 Å². The molecule has 34 heavy (non-hydrogen) atoms. The predicted octanol–water partition coefficient (Wildman–Crippen LogP) is 5.08. The van der Waals surface area contributed by atoms with Crippen molar-refractivity contribution in [3.05, 3.63) is 35.4 Å². The van der Waals surface area contributed by atoms with E-state index in [4.69, 9.17) is 25.8 Å². The van der Waals surface area contributed by atoms with E-state index in [0.29, 0.717) is 37.4 Å². The van der Waals surface area contributed by atoms with Gasteiger partial charge < -0.3 is 19.5 Å². The van der Waals surface area contributed by atoms with Gasteiger partial charge in [-0.2, -0.15) is 0 Å². The van der Waals surface area contributed by atoms with Crippen LogP contribution in [0, 0.1) is 11.8 Å². The number of carbonyl (C=O) groups is 2. The number of hydrogen-bond acceptors (Lipinski definition) is 6. The van der Waals surface area contributed by atoms with Crippen LogP contribution in [0.1, 0.15) is 52.5 Å². The van der Waals surface area contributed by atoms with E-state index < -0.39 is 22.6 Å². The number of rotatable bonds is 4. The van der Waals surface area contributed by atoms with Crippen molar-refractivity contribution in [2.45, 2.75) is 63.6 Å². The number of methoxy groups -OCH3 is 2. The molecule has 0 spiro atoms. The van der Waals surface area contributed by atoms with Gasteiger partial charge in [0.1, 0.15) is 17.0 Å². The van der Waals surface area contributed by atoms with Crippen molar-refractivity contribution in [1.82, 2.24) is 4.90 Å². The molecule has 0 bridgehead atoms. The van der Waals surface area contributed by atoms with Gasteiger partial charge in [-0.25, -0.2) is 4.79 Å². The van der Waals surface area contributed by atoms with Crippen molar-refractivity contribution in [3.8, 4) is 5.75 Å². The van der Waals surface area contributed by atoms with Crippen LogP contribution in [-0.4, -0.2) is 54.9 Å². The van der Waals surface area contributed by atoms with E-state index in [1.807, 2.05) is 52.0 Å². The maximum atomic E-state index is 13.6. The van der Waals surface area contributed by atoms with Gasteiger partial charge in [0, 0.05) is 18.1 Å². The largest absolute Gasteiger partial charge is 0.497 e. The van der Waals surface area contributed by atoms with E-state index in [0.717, 1.165) is 16.8 Å². The number of ether oxygens (including phenoxy) is 3. The molecule has 1 unspecified atom stereocenters. The van der Waals surface area contributed by atoms with Gasteiger partial charge in [-0.05, 0) is 76.6 Å². The van der Waals surface area contributed by atoms with Crippen LogP contribution in [-0.2, 0) is 19.7 Å². The first-order valence-corrected chi connectivity index (χ1v) is 12.4. The summed E-state index contributed by atoms with van der Waals surface area (Å²) in [5.41, 5.74) is 0.726. The number of amides is 1. The van der Waals surface area contributed by atoms with Crippen molar-refractivity contribution in [1.29, 1.82) is 0 Å². The molecule has 1 aromatic rings. The predicted molar refractivity (Wildman–Crippen MR) is 131 cm³/mol. The first-order valence-electron chi connectivity index (χ1n) is 11.8. The minimum absolute atomic E-state index is 0.0967. The van der Waals surface area contributed by atoms with E-state index in [-0.39, 0.29) is 18.0 Å². The summed E-state index contributed by atoms with van der Waals surface area (Å²) in [4.78, 5) is 28.9. The number of hydrogen-bond donors (Lipinski definition) is 1. The number of halogens is 1. The third-order valence-corrected chi connectivity index (χ3v) is 8.11. The minimum Gasteiger partial charge on any atom is -0.497 e. The third-order valence-electron chi connectivity index (χ3n) is 7.80. The average Bonchev–Trinajstić information content (AvgIpc) is 3.28. The zero-order valence-corrected chi connectivity index (χ0v) is 21.6. The van der Waals surface area contributed by atoms with Gasteiger partial charge in [-0.15, -0.1) is 11.6 Å². The second-order valence-electron chi connectivity index (χ2n) is 10.4. The van der Waals surface area contributed by atoms with Crippen LogP contribution < -0.4 is 10.1 Å². The smallest absolute Gasteiger partial charge is 0.412 e. The molecule has 186 valence electrons. The Morgan fingerprint density at radius 2 is 2.00 bits per heavy atom. The number of likely N-dealkylation sites (tertiary alicyclic amines) is 1. The van der Waals surface area contributed by atoms with Crippen LogP contribution in [0.3, 0.4) is 0 Å². The van der Waals surface area contributed by atoms with Crippen LogP contribution in [0.5, 0.6) is 5.75 Å². The molecular formula is C26H35ClN2O5. The van der Waals surface area contributed by atoms with Crippen molar-refractivity contribution in [3.63, 3.8) is 0 Å². The lowest BCUT2D eigenvalue weighted by Crippen LogP contribution is -2.67. The van der Waals surface area contributed by atoms with Gasteiger partial charge in [0.15, 0.2) is 0 Å². The lowest BCUT2D eigenvalue weighted by Gasteiger charge is -2.54. The standard InChI is InChI=1S/C26H35ClN2O5/c1-7-16(15-27)18-10-11-26-25(21(18)22(30)33-6,12-13-29(26)23(31)34-24(2,3)4)19-14-17(32-5)8-9-20(19)28-26/h7-9,14,18,21,28H,10-13,15H2,1-6H3/b16-7-/t18-,21-,25-,26?/m0/s1. The fourth-order valence-corrected chi connectivity index (χ4v) is 6.89. The molecule has 1 saturated heterocycles. The van der Waals surface area contributed by atoms with Crippen molar-refractivity contribution >= 4 is 29.4 Å². The third kappa shape index (κ3) is 3.46. The number of benzene rings is 1. The number of anilines is 1. The van der Waals surface area contributed by atoms with Crippen LogP contribution in [0.15, 0.2) is 29.8 Å². The summed E-state index contributed by atoms with van der Waals surface area (Å²) in [6.45, 7) is 8.00. The monoisotopic (exact) mass is 490 g/mol. The Morgan fingerprint density at radius 1 is 1.26 bits per heavy atom. The summed E-state index contributed by atoms with van der Waals surface area (Å²) >= 11 is 6.36. The highest BCUT2D eigenvalue weighted by molar-refractivity contribution is 6.19. The van der Waals surface area contributed by atoms with E-state index in [2.05, 4.69) is 5.32 Å². The average molecular weight is 491 g/mol. The summed E-state index contributed by atoms with van der Waals surface area (Å²) < 4.78 is 16.8. The quantitative estimate of drug-likeness (QED) is 0.360. The number of carbonyl (C=O) groups excluding carboxylic acids is 2. The molecule has 2 fully saturated rings. The summed E-state index contributed by atoms with van der Waals surface area (Å²) in [7, 11) is 3.06. The first kappa shape index (κ1) is 24.7. The Hall–Kier alpha value is -2.41. The molecule has 1 N–H and O–H groups in total. The Balaban J connectivity index is 1.95. The molecule has 3 aliphatic rings. The SMILES string of the molecule is C/C=C(/CCl)[C@@H]1CCC23Nc4ccc(OC)cc4[C@@]2(CCN3C(=O)OC(C)(C)C)[C@@H]1C(=O)OC. The summed E-state index contributed by atoms with van der Waals surface area (Å²) in [6.07, 6.45) is 3.55. The number of allylic oxidation sites excluding steroid dienone is 2. The zero-order chi connectivity index (χ0) is 24.9. The molecular weight excluding hydrogens is 456 g/mol. The van der Waals surface area contributed by atoms with Crippen molar-refractivity contribution in [2.24, 2.45) is 11.8 Å². The Labute approximate surface area is 206 Å². The summed E-state index contributed by atoms with van der Waals surface area (Å²) in [6, 6.07) is 5.86. The topological polar surface area (TPSA) is 77.1 Å². The van der Waals surface area contributed by atoms with E-state index in [1.165, 1.54) is 7.11 Å². The number of esters is 1. The molecule has 7 nitrogen and oxygen atoms in total. The van der Waals surface area contributed by atoms with Gasteiger partial charge in [0.05, 0.1) is 25.6 Å². The molecule has 2 heterocycles. The molecule has 8 heteroatoms. The van der Waals surface area contributed by atoms with Gasteiger partial charge in [0.25, 0.3) is 0 Å². The fraction of sp³-hybridized carbons (Fsp3) is 0.615. The van der Waals surface area contributed by atoms with Gasteiger partial charge in [-0.1, -0.05) is 11.6 Å². The molecule has 2 aliphatic heterocycles. The molecule has 1 saturated carbocycles. The lowest BCUT2D eigenvalue weighted by atomic mass is 9.53. The van der Waals surface area contributed by atoms with Crippen LogP contribution in [0.4, 0.5) is 10.5 Å². The minimum atomic E-state index is -0.815. The van der Waals surface area contributed by atoms with E-state index >= 15 is 0 Å². The number of nitrogens with one attached hydrogen (secondary N) is 1. The molecule has 0 aromatic heterocycles. The summed E-state index contributed by atoms with van der Waals surface area (Å²) in [5, 5.41) is 3.68. The number of alkyl halides is 1. The highest BCUT2D eigenvalue weighted by atomic mass is 35.5. The van der Waals surface area contributed by atoms with Crippen molar-refractivity contribution < 1.29 is 23.8 Å². The normalized spacial score (nSPS) is 30.1. The van der Waals surface area contributed by atoms with Gasteiger partial charge in [0.2, 0.25) is 0 Å².